The SMILES string of the molecule is c1ccc(-c2cccc(-n3c4ccccc4c4c(-c5nnc(-c6cccc7c6c6ccccc6n7-c6cccc(-c7ccccc7)c6)s5)cccc43)c2)cc1. The zero-order chi connectivity index (χ0) is 36.3. The third-order valence-corrected chi connectivity index (χ3v) is 11.7. The van der Waals surface area contributed by atoms with Crippen LogP contribution in [0.1, 0.15) is 0 Å². The minimum Gasteiger partial charge on any atom is -0.309 e. The number of aromatic nitrogens is 4. The second-order valence-electron chi connectivity index (χ2n) is 13.8. The van der Waals surface area contributed by atoms with E-state index in [0.29, 0.717) is 0 Å². The number of hydrogen-bond donors (Lipinski definition) is 0. The quantitative estimate of drug-likeness (QED) is 0.171. The lowest BCUT2D eigenvalue weighted by atomic mass is 10.1. The van der Waals surface area contributed by atoms with Gasteiger partial charge in [0.2, 0.25) is 0 Å². The molecule has 3 heterocycles. The standard InChI is InChI=1S/C50H32N4S/c1-3-15-33(16-4-1)35-19-11-21-37(31-35)53-43-27-9-7-23-39(43)47-41(25-13-29-45(47)53)49-51-52-50(55-49)42-26-14-30-46-48(42)40-24-8-10-28-44(40)54(46)38-22-12-20-36(32-38)34-17-5-2-6-18-34/h1-32H. The molecule has 0 N–H and O–H groups in total. The molecule has 8 aromatic carbocycles. The Morgan fingerprint density at radius 2 is 0.709 bits per heavy atom. The van der Waals surface area contributed by atoms with Gasteiger partial charge in [-0.3, -0.25) is 0 Å². The van der Waals surface area contributed by atoms with Gasteiger partial charge in [0.25, 0.3) is 0 Å². The first kappa shape index (κ1) is 31.4. The van der Waals surface area contributed by atoms with Crippen molar-refractivity contribution in [2.24, 2.45) is 0 Å². The predicted octanol–water partition coefficient (Wildman–Crippen LogP) is 13.4. The van der Waals surface area contributed by atoms with Crippen LogP contribution in [0.25, 0.3) is 98.4 Å². The number of fused-ring (bicyclic) bond motifs is 6. The van der Waals surface area contributed by atoms with Crippen LogP contribution in [0.3, 0.4) is 0 Å². The van der Waals surface area contributed by atoms with Crippen molar-refractivity contribution >= 4 is 54.9 Å². The van der Waals surface area contributed by atoms with Crippen molar-refractivity contribution < 1.29 is 0 Å². The van der Waals surface area contributed by atoms with E-state index in [4.69, 9.17) is 10.2 Å². The Morgan fingerprint density at radius 1 is 0.327 bits per heavy atom. The molecular formula is C50H32N4S. The van der Waals surface area contributed by atoms with Crippen molar-refractivity contribution in [2.45, 2.75) is 0 Å². The van der Waals surface area contributed by atoms with Gasteiger partial charge in [-0.15, -0.1) is 10.2 Å². The number of rotatable bonds is 6. The molecule has 0 saturated carbocycles. The Balaban J connectivity index is 1.07. The molecule has 258 valence electrons. The summed E-state index contributed by atoms with van der Waals surface area (Å²) >= 11 is 1.65. The molecule has 0 fully saturated rings. The maximum atomic E-state index is 4.91. The largest absolute Gasteiger partial charge is 0.309 e. The molecule has 0 unspecified atom stereocenters. The third kappa shape index (κ3) is 5.12. The van der Waals surface area contributed by atoms with Gasteiger partial charge in [0.1, 0.15) is 10.0 Å². The first-order chi connectivity index (χ1) is 27.3. The molecule has 11 rings (SSSR count). The van der Waals surface area contributed by atoms with Crippen LogP contribution in [-0.2, 0) is 0 Å². The fourth-order valence-corrected chi connectivity index (χ4v) is 9.21. The van der Waals surface area contributed by atoms with Crippen LogP contribution in [0.4, 0.5) is 0 Å². The van der Waals surface area contributed by atoms with E-state index in [9.17, 15) is 0 Å². The van der Waals surface area contributed by atoms with Crippen molar-refractivity contribution in [3.8, 4) is 54.8 Å². The van der Waals surface area contributed by atoms with E-state index in [1.54, 1.807) is 11.3 Å². The predicted molar refractivity (Wildman–Crippen MR) is 230 cm³/mol. The number of benzene rings is 8. The zero-order valence-electron chi connectivity index (χ0n) is 29.7. The van der Waals surface area contributed by atoms with E-state index < -0.39 is 0 Å². The lowest BCUT2D eigenvalue weighted by molar-refractivity contribution is 1.10. The van der Waals surface area contributed by atoms with Crippen LogP contribution in [0.2, 0.25) is 0 Å². The summed E-state index contributed by atoms with van der Waals surface area (Å²) in [6.07, 6.45) is 0. The molecular weight excluding hydrogens is 689 g/mol. The van der Waals surface area contributed by atoms with Crippen molar-refractivity contribution in [3.05, 3.63) is 194 Å². The number of nitrogens with zero attached hydrogens (tertiary/aromatic N) is 4. The van der Waals surface area contributed by atoms with Crippen molar-refractivity contribution in [3.63, 3.8) is 0 Å². The van der Waals surface area contributed by atoms with Crippen molar-refractivity contribution in [1.82, 2.24) is 19.3 Å². The molecule has 0 aliphatic rings. The average Bonchev–Trinajstić information content (AvgIpc) is 3.98. The lowest BCUT2D eigenvalue weighted by Gasteiger charge is -2.10. The van der Waals surface area contributed by atoms with Gasteiger partial charge in [0.15, 0.2) is 0 Å². The monoisotopic (exact) mass is 720 g/mol. The van der Waals surface area contributed by atoms with Gasteiger partial charge >= 0.3 is 0 Å². The fourth-order valence-electron chi connectivity index (χ4n) is 8.30. The number of hydrogen-bond acceptors (Lipinski definition) is 3. The summed E-state index contributed by atoms with van der Waals surface area (Å²) in [5.74, 6) is 0. The van der Waals surface area contributed by atoms with Gasteiger partial charge in [-0.1, -0.05) is 157 Å². The minimum atomic E-state index is 0.901. The normalized spacial score (nSPS) is 11.6. The first-order valence-electron chi connectivity index (χ1n) is 18.5. The van der Waals surface area contributed by atoms with E-state index >= 15 is 0 Å². The van der Waals surface area contributed by atoms with Gasteiger partial charge < -0.3 is 9.13 Å². The summed E-state index contributed by atoms with van der Waals surface area (Å²) in [6.45, 7) is 0. The highest BCUT2D eigenvalue weighted by molar-refractivity contribution is 7.18. The highest BCUT2D eigenvalue weighted by atomic mass is 32.1. The van der Waals surface area contributed by atoms with E-state index in [0.717, 1.165) is 54.6 Å². The molecule has 0 bridgehead atoms. The van der Waals surface area contributed by atoms with Gasteiger partial charge in [-0.05, 0) is 70.8 Å². The zero-order valence-corrected chi connectivity index (χ0v) is 30.5. The average molecular weight is 721 g/mol. The van der Waals surface area contributed by atoms with E-state index in [-0.39, 0.29) is 0 Å². The molecule has 0 aliphatic heterocycles. The second kappa shape index (κ2) is 12.8. The summed E-state index contributed by atoms with van der Waals surface area (Å²) in [7, 11) is 0. The Hall–Kier alpha value is -7.08. The lowest BCUT2D eigenvalue weighted by Crippen LogP contribution is -1.94. The Morgan fingerprint density at radius 3 is 1.18 bits per heavy atom. The third-order valence-electron chi connectivity index (χ3n) is 10.7. The molecule has 11 aromatic rings. The first-order valence-corrected chi connectivity index (χ1v) is 19.3. The summed E-state index contributed by atoms with van der Waals surface area (Å²) in [5.41, 5.74) is 13.8. The van der Waals surface area contributed by atoms with Crippen LogP contribution < -0.4 is 0 Å². The van der Waals surface area contributed by atoms with Crippen LogP contribution in [-0.4, -0.2) is 19.3 Å². The molecule has 0 radical (unpaired) electrons. The minimum absolute atomic E-state index is 0.901. The molecule has 4 nitrogen and oxygen atoms in total. The van der Waals surface area contributed by atoms with E-state index in [1.165, 1.54) is 43.8 Å². The van der Waals surface area contributed by atoms with E-state index in [1.807, 2.05) is 0 Å². The van der Waals surface area contributed by atoms with Crippen LogP contribution in [0.5, 0.6) is 0 Å². The van der Waals surface area contributed by atoms with Gasteiger partial charge in [0.05, 0.1) is 22.1 Å². The van der Waals surface area contributed by atoms with Crippen LogP contribution in [0, 0.1) is 0 Å². The highest BCUT2D eigenvalue weighted by Gasteiger charge is 2.21. The summed E-state index contributed by atoms with van der Waals surface area (Å²) in [5, 5.41) is 16.4. The van der Waals surface area contributed by atoms with Crippen LogP contribution >= 0.6 is 11.3 Å². The van der Waals surface area contributed by atoms with Crippen LogP contribution in [0.15, 0.2) is 194 Å². The molecule has 3 aromatic heterocycles. The van der Waals surface area contributed by atoms with Gasteiger partial charge in [-0.2, -0.15) is 0 Å². The Labute approximate surface area is 321 Å². The molecule has 0 aliphatic carbocycles. The Bertz CT molecular complexity index is 2990. The fraction of sp³-hybridized carbons (Fsp3) is 0. The molecule has 0 amide bonds. The van der Waals surface area contributed by atoms with Crippen molar-refractivity contribution in [1.29, 1.82) is 0 Å². The summed E-state index contributed by atoms with van der Waals surface area (Å²) < 4.78 is 4.76. The molecule has 0 atom stereocenters. The molecule has 0 spiro atoms. The van der Waals surface area contributed by atoms with Crippen molar-refractivity contribution in [2.75, 3.05) is 0 Å². The Kier molecular flexibility index (Phi) is 7.32. The van der Waals surface area contributed by atoms with Gasteiger partial charge in [-0.25, -0.2) is 0 Å². The maximum absolute atomic E-state index is 4.91. The van der Waals surface area contributed by atoms with Gasteiger partial charge in [0, 0.05) is 44.0 Å². The molecule has 0 saturated heterocycles. The second-order valence-corrected chi connectivity index (χ2v) is 14.8. The molecule has 5 heteroatoms. The highest BCUT2D eigenvalue weighted by Crippen LogP contribution is 2.44. The smallest absolute Gasteiger partial charge is 0.148 e. The maximum Gasteiger partial charge on any atom is 0.148 e. The molecule has 55 heavy (non-hydrogen) atoms. The summed E-state index contributed by atoms with van der Waals surface area (Å²) in [4.78, 5) is 0. The summed E-state index contributed by atoms with van der Waals surface area (Å²) in [6, 6.07) is 69.3. The number of para-hydroxylation sites is 2. The topological polar surface area (TPSA) is 35.6 Å². The van der Waals surface area contributed by atoms with E-state index in [2.05, 4.69) is 203 Å².